The second-order valence-electron chi connectivity index (χ2n) is 5.45. The third-order valence-corrected chi connectivity index (χ3v) is 4.40. The number of hydrogen-bond donors (Lipinski definition) is 0. The lowest BCUT2D eigenvalue weighted by molar-refractivity contribution is -0.353. The molecule has 1 unspecified atom stereocenters. The number of aryl methyl sites for hydroxylation is 2. The Labute approximate surface area is 147 Å². The van der Waals surface area contributed by atoms with Crippen LogP contribution in [0.3, 0.4) is 0 Å². The first-order chi connectivity index (χ1) is 10.8. The van der Waals surface area contributed by atoms with E-state index in [1.54, 1.807) is 23.1 Å². The molecule has 24 heavy (non-hydrogen) atoms. The maximum atomic E-state index is 14.2. The van der Waals surface area contributed by atoms with Gasteiger partial charge in [-0.25, -0.2) is 4.39 Å². The van der Waals surface area contributed by atoms with E-state index in [4.69, 9.17) is 0 Å². The van der Waals surface area contributed by atoms with E-state index >= 15 is 0 Å². The maximum absolute atomic E-state index is 14.2. The van der Waals surface area contributed by atoms with Gasteiger partial charge in [0.2, 0.25) is 5.69 Å². The molecule has 1 aliphatic heterocycles. The number of rotatable bonds is 2. The van der Waals surface area contributed by atoms with Crippen molar-refractivity contribution in [1.29, 1.82) is 0 Å². The fourth-order valence-corrected chi connectivity index (χ4v) is 3.16. The molecule has 1 aromatic rings. The lowest BCUT2D eigenvalue weighted by Crippen LogP contribution is -2.50. The van der Waals surface area contributed by atoms with E-state index in [2.05, 4.69) is 22.6 Å². The van der Waals surface area contributed by atoms with Gasteiger partial charge in [0.1, 0.15) is 3.92 Å². The van der Waals surface area contributed by atoms with Crippen LogP contribution < -0.4 is 0 Å². The van der Waals surface area contributed by atoms with Gasteiger partial charge in [0.25, 0.3) is 0 Å². The number of nitrogens with zero attached hydrogens (tertiary/aromatic N) is 1. The molecule has 1 aromatic carbocycles. The Bertz CT molecular complexity index is 679. The van der Waals surface area contributed by atoms with Gasteiger partial charge in [-0.05, 0) is 26.0 Å². The van der Waals surface area contributed by atoms with Crippen molar-refractivity contribution < 1.29 is 35.3 Å². The van der Waals surface area contributed by atoms with Crippen LogP contribution in [0.4, 0.5) is 36.4 Å². The standard InChI is InChI=1S/C15H12F7IN/c1-8-5-10(13(16,14(17,18)19)15(20,21)22)6-9(2)12(8)24-4-3-11(23)7-24/h3-7,11H,1-2H3/q+1. The minimum absolute atomic E-state index is 0.0479. The molecule has 0 spiro atoms. The first-order valence-corrected chi connectivity index (χ1v) is 7.93. The highest BCUT2D eigenvalue weighted by Gasteiger charge is 2.73. The monoisotopic (exact) mass is 466 g/mol. The summed E-state index contributed by atoms with van der Waals surface area (Å²) in [6.07, 6.45) is -7.02. The molecule has 1 aliphatic rings. The smallest absolute Gasteiger partial charge is 0.218 e. The van der Waals surface area contributed by atoms with Crippen molar-refractivity contribution in [3.63, 3.8) is 0 Å². The van der Waals surface area contributed by atoms with Crippen molar-refractivity contribution in [2.24, 2.45) is 0 Å². The van der Waals surface area contributed by atoms with Gasteiger partial charge >= 0.3 is 18.0 Å². The molecule has 0 bridgehead atoms. The van der Waals surface area contributed by atoms with Crippen LogP contribution in [0.25, 0.3) is 0 Å². The summed E-state index contributed by atoms with van der Waals surface area (Å²) in [5, 5.41) is 0. The molecule has 2 rings (SSSR count). The molecular weight excluding hydrogens is 454 g/mol. The third-order valence-electron chi connectivity index (χ3n) is 3.66. The van der Waals surface area contributed by atoms with Crippen molar-refractivity contribution in [2.45, 2.75) is 35.8 Å². The van der Waals surface area contributed by atoms with Gasteiger partial charge in [-0.2, -0.15) is 30.9 Å². The molecule has 132 valence electrons. The van der Waals surface area contributed by atoms with Crippen LogP contribution in [0.15, 0.2) is 24.4 Å². The molecule has 0 fully saturated rings. The third kappa shape index (κ3) is 3.06. The summed E-state index contributed by atoms with van der Waals surface area (Å²) >= 11 is 2.10. The van der Waals surface area contributed by atoms with Gasteiger partial charge in [0.15, 0.2) is 12.4 Å². The SMILES string of the molecule is Cc1cc(C(F)(C(F)(F)F)C(F)(F)F)cc(C)c1[N+]1=CC(I)C=C1. The zero-order chi connectivity index (χ0) is 18.5. The van der Waals surface area contributed by atoms with Crippen molar-refractivity contribution in [3.05, 3.63) is 41.1 Å². The zero-order valence-corrected chi connectivity index (χ0v) is 14.6. The fraction of sp³-hybridized carbons (Fsp3) is 0.400. The van der Waals surface area contributed by atoms with Crippen LogP contribution in [0.2, 0.25) is 0 Å². The molecule has 0 radical (unpaired) electrons. The van der Waals surface area contributed by atoms with E-state index in [1.165, 1.54) is 13.8 Å². The van der Waals surface area contributed by atoms with Gasteiger partial charge in [-0.3, -0.25) is 0 Å². The molecule has 0 aromatic heterocycles. The zero-order valence-electron chi connectivity index (χ0n) is 12.4. The van der Waals surface area contributed by atoms with Gasteiger partial charge < -0.3 is 0 Å². The number of benzene rings is 1. The number of halogens is 8. The van der Waals surface area contributed by atoms with Gasteiger partial charge in [0, 0.05) is 22.8 Å². The second-order valence-corrected chi connectivity index (χ2v) is 6.89. The largest absolute Gasteiger partial charge is 0.435 e. The minimum atomic E-state index is -6.11. The number of allylic oxidation sites excluding steroid dienone is 1. The summed E-state index contributed by atoms with van der Waals surface area (Å²) in [7, 11) is 0. The highest BCUT2D eigenvalue weighted by atomic mass is 127. The molecule has 0 N–H and O–H groups in total. The first-order valence-electron chi connectivity index (χ1n) is 6.69. The second kappa shape index (κ2) is 5.99. The lowest BCUT2D eigenvalue weighted by atomic mass is 9.90. The van der Waals surface area contributed by atoms with Crippen molar-refractivity contribution in [3.8, 4) is 0 Å². The van der Waals surface area contributed by atoms with Crippen LogP contribution in [0.5, 0.6) is 0 Å². The number of hydrogen-bond acceptors (Lipinski definition) is 0. The summed E-state index contributed by atoms with van der Waals surface area (Å²) < 4.78 is 93.1. The molecule has 0 amide bonds. The van der Waals surface area contributed by atoms with Crippen LogP contribution in [0, 0.1) is 13.8 Å². The summed E-state index contributed by atoms with van der Waals surface area (Å²) in [4.78, 5) is 0. The lowest BCUT2D eigenvalue weighted by Gasteiger charge is -2.30. The van der Waals surface area contributed by atoms with Crippen molar-refractivity contribution in [2.75, 3.05) is 0 Å². The van der Waals surface area contributed by atoms with E-state index in [9.17, 15) is 30.7 Å². The van der Waals surface area contributed by atoms with Crippen molar-refractivity contribution in [1.82, 2.24) is 0 Å². The Morgan fingerprint density at radius 3 is 1.71 bits per heavy atom. The molecule has 0 saturated carbocycles. The van der Waals surface area contributed by atoms with E-state index in [-0.39, 0.29) is 15.1 Å². The predicted molar refractivity (Wildman–Crippen MR) is 83.7 cm³/mol. The van der Waals surface area contributed by atoms with Crippen LogP contribution >= 0.6 is 22.6 Å². The molecule has 1 nitrogen and oxygen atoms in total. The Balaban J connectivity index is 2.66. The maximum Gasteiger partial charge on any atom is 0.435 e. The van der Waals surface area contributed by atoms with E-state index < -0.39 is 23.6 Å². The molecule has 0 saturated heterocycles. The topological polar surface area (TPSA) is 3.01 Å². The minimum Gasteiger partial charge on any atom is -0.218 e. The molecule has 1 heterocycles. The van der Waals surface area contributed by atoms with E-state index in [0.29, 0.717) is 17.8 Å². The summed E-state index contributed by atoms with van der Waals surface area (Å²) in [5.41, 5.74) is -6.21. The fourth-order valence-electron chi connectivity index (χ4n) is 2.63. The Morgan fingerprint density at radius 1 is 0.917 bits per heavy atom. The molecule has 0 aliphatic carbocycles. The normalized spacial score (nSPS) is 18.9. The predicted octanol–water partition coefficient (Wildman–Crippen LogP) is 5.64. The summed E-state index contributed by atoms with van der Waals surface area (Å²) in [5.74, 6) is 0. The summed E-state index contributed by atoms with van der Waals surface area (Å²) in [6, 6.07) is 1.21. The van der Waals surface area contributed by atoms with Crippen LogP contribution in [-0.4, -0.2) is 27.1 Å². The Morgan fingerprint density at radius 2 is 1.38 bits per heavy atom. The molecular formula is C15H12F7IN+. The Kier molecular flexibility index (Phi) is 4.79. The average Bonchev–Trinajstić information content (AvgIpc) is 2.80. The van der Waals surface area contributed by atoms with Gasteiger partial charge in [-0.15, -0.1) is 0 Å². The van der Waals surface area contributed by atoms with Gasteiger partial charge in [-0.1, -0.05) is 22.6 Å². The molecule has 1 atom stereocenters. The van der Waals surface area contributed by atoms with E-state index in [1.807, 2.05) is 0 Å². The van der Waals surface area contributed by atoms with Crippen LogP contribution in [0.1, 0.15) is 16.7 Å². The van der Waals surface area contributed by atoms with E-state index in [0.717, 1.165) is 0 Å². The highest BCUT2D eigenvalue weighted by molar-refractivity contribution is 14.1. The van der Waals surface area contributed by atoms with Gasteiger partial charge in [0.05, 0.1) is 0 Å². The van der Waals surface area contributed by atoms with Crippen molar-refractivity contribution >= 4 is 34.5 Å². The Hall–Kier alpha value is -1.13. The molecule has 9 heteroatoms. The number of alkyl halides is 8. The quantitative estimate of drug-likeness (QED) is 0.230. The highest BCUT2D eigenvalue weighted by Crippen LogP contribution is 2.53. The first kappa shape index (κ1) is 19.2. The summed E-state index contributed by atoms with van der Waals surface area (Å²) in [6.45, 7) is 2.70. The van der Waals surface area contributed by atoms with Crippen LogP contribution in [-0.2, 0) is 5.67 Å². The average molecular weight is 466 g/mol.